The molecule has 14 heavy (non-hydrogen) atoms. The molecule has 0 spiro atoms. The summed E-state index contributed by atoms with van der Waals surface area (Å²) in [4.78, 5) is 4.51. The van der Waals surface area contributed by atoms with Gasteiger partial charge in [0, 0.05) is 11.0 Å². The SMILES string of the molecule is CC(C)(C)C1=Nc2ccccc2CO1. The number of benzene rings is 1. The highest BCUT2D eigenvalue weighted by Gasteiger charge is 2.24. The quantitative estimate of drug-likeness (QED) is 0.613. The Balaban J connectivity index is 2.41. The average Bonchev–Trinajstić information content (AvgIpc) is 2.16. The van der Waals surface area contributed by atoms with Gasteiger partial charge < -0.3 is 4.74 Å². The molecule has 74 valence electrons. The van der Waals surface area contributed by atoms with Crippen molar-refractivity contribution in [3.8, 4) is 0 Å². The van der Waals surface area contributed by atoms with Crippen LogP contribution in [0.4, 0.5) is 5.69 Å². The molecule has 1 aliphatic rings. The van der Waals surface area contributed by atoms with Gasteiger partial charge in [0.2, 0.25) is 0 Å². The lowest BCUT2D eigenvalue weighted by Crippen LogP contribution is -2.25. The van der Waals surface area contributed by atoms with Crippen LogP contribution in [0, 0.1) is 5.41 Å². The molecule has 0 saturated carbocycles. The lowest BCUT2D eigenvalue weighted by atomic mass is 9.96. The van der Waals surface area contributed by atoms with Crippen LogP contribution in [0.3, 0.4) is 0 Å². The standard InChI is InChI=1S/C12H15NO/c1-12(2,3)11-13-10-7-5-4-6-9(10)8-14-11/h4-7H,8H2,1-3H3. The van der Waals surface area contributed by atoms with E-state index < -0.39 is 0 Å². The molecule has 0 unspecified atom stereocenters. The molecule has 2 nitrogen and oxygen atoms in total. The van der Waals surface area contributed by atoms with Gasteiger partial charge in [-0.1, -0.05) is 39.0 Å². The van der Waals surface area contributed by atoms with E-state index in [1.54, 1.807) is 0 Å². The zero-order valence-electron chi connectivity index (χ0n) is 8.87. The third kappa shape index (κ3) is 1.65. The van der Waals surface area contributed by atoms with Gasteiger partial charge >= 0.3 is 0 Å². The highest BCUT2D eigenvalue weighted by Crippen LogP contribution is 2.29. The van der Waals surface area contributed by atoms with E-state index in [4.69, 9.17) is 4.74 Å². The molecule has 0 aromatic heterocycles. The van der Waals surface area contributed by atoms with Gasteiger partial charge in [-0.15, -0.1) is 0 Å². The van der Waals surface area contributed by atoms with Crippen LogP contribution in [0.2, 0.25) is 0 Å². The van der Waals surface area contributed by atoms with Gasteiger partial charge in [0.25, 0.3) is 0 Å². The third-order valence-corrected chi connectivity index (χ3v) is 2.22. The minimum atomic E-state index is -0.00642. The Morgan fingerprint density at radius 1 is 1.21 bits per heavy atom. The third-order valence-electron chi connectivity index (χ3n) is 2.22. The summed E-state index contributed by atoms with van der Waals surface area (Å²) in [6, 6.07) is 8.11. The van der Waals surface area contributed by atoms with Crippen LogP contribution in [0.25, 0.3) is 0 Å². The van der Waals surface area contributed by atoms with E-state index in [9.17, 15) is 0 Å². The predicted octanol–water partition coefficient (Wildman–Crippen LogP) is 3.29. The van der Waals surface area contributed by atoms with Gasteiger partial charge in [0.15, 0.2) is 5.90 Å². The van der Waals surface area contributed by atoms with Gasteiger partial charge in [0.05, 0.1) is 5.69 Å². The van der Waals surface area contributed by atoms with E-state index in [0.717, 1.165) is 11.6 Å². The number of aliphatic imine (C=N–C) groups is 1. The second-order valence-corrected chi connectivity index (χ2v) is 4.58. The molecule has 0 radical (unpaired) electrons. The summed E-state index contributed by atoms with van der Waals surface area (Å²) in [7, 11) is 0. The van der Waals surface area contributed by atoms with E-state index in [0.29, 0.717) is 6.61 Å². The molecule has 1 heterocycles. The monoisotopic (exact) mass is 189 g/mol. The maximum Gasteiger partial charge on any atom is 0.194 e. The number of fused-ring (bicyclic) bond motifs is 1. The molecule has 1 aromatic carbocycles. The van der Waals surface area contributed by atoms with Gasteiger partial charge in [-0.25, -0.2) is 4.99 Å². The zero-order valence-corrected chi connectivity index (χ0v) is 8.87. The molecule has 0 N–H and O–H groups in total. The smallest absolute Gasteiger partial charge is 0.194 e. The molecule has 1 aliphatic heterocycles. The maximum atomic E-state index is 5.62. The van der Waals surface area contributed by atoms with Gasteiger partial charge in [-0.3, -0.25) is 0 Å². The summed E-state index contributed by atoms with van der Waals surface area (Å²) in [6.45, 7) is 6.98. The summed E-state index contributed by atoms with van der Waals surface area (Å²) in [6.07, 6.45) is 0. The normalized spacial score (nSPS) is 15.5. The first kappa shape index (κ1) is 9.25. The first-order valence-electron chi connectivity index (χ1n) is 4.87. The van der Waals surface area contributed by atoms with Crippen LogP contribution in [0.1, 0.15) is 26.3 Å². The van der Waals surface area contributed by atoms with Crippen molar-refractivity contribution in [1.29, 1.82) is 0 Å². The van der Waals surface area contributed by atoms with Crippen LogP contribution in [0.5, 0.6) is 0 Å². The summed E-state index contributed by atoms with van der Waals surface area (Å²) in [5.74, 6) is 0.830. The van der Waals surface area contributed by atoms with Crippen molar-refractivity contribution in [3.63, 3.8) is 0 Å². The van der Waals surface area contributed by atoms with E-state index in [1.807, 2.05) is 18.2 Å². The molecule has 0 atom stereocenters. The van der Waals surface area contributed by atoms with Crippen molar-refractivity contribution in [2.45, 2.75) is 27.4 Å². The Hall–Kier alpha value is -1.31. The Bertz CT molecular complexity index is 374. The lowest BCUT2D eigenvalue weighted by Gasteiger charge is -2.25. The molecule has 2 rings (SSSR count). The zero-order chi connectivity index (χ0) is 10.2. The first-order valence-corrected chi connectivity index (χ1v) is 4.87. The molecule has 0 fully saturated rings. The molecule has 0 bridgehead atoms. The molecule has 1 aromatic rings. The van der Waals surface area contributed by atoms with Crippen LogP contribution in [-0.4, -0.2) is 5.90 Å². The fourth-order valence-electron chi connectivity index (χ4n) is 1.41. The van der Waals surface area contributed by atoms with Crippen molar-refractivity contribution in [1.82, 2.24) is 0 Å². The summed E-state index contributed by atoms with van der Waals surface area (Å²) >= 11 is 0. The molecule has 0 amide bonds. The average molecular weight is 189 g/mol. The van der Waals surface area contributed by atoms with Crippen molar-refractivity contribution in [2.24, 2.45) is 10.4 Å². The number of para-hydroxylation sites is 1. The fourth-order valence-corrected chi connectivity index (χ4v) is 1.41. The summed E-state index contributed by atoms with van der Waals surface area (Å²) < 4.78 is 5.62. The van der Waals surface area contributed by atoms with E-state index in [1.165, 1.54) is 5.56 Å². The largest absolute Gasteiger partial charge is 0.475 e. The molecule has 0 saturated heterocycles. The summed E-state index contributed by atoms with van der Waals surface area (Å²) in [5.41, 5.74) is 2.21. The predicted molar refractivity (Wildman–Crippen MR) is 57.8 cm³/mol. The minimum absolute atomic E-state index is 0.00642. The highest BCUT2D eigenvalue weighted by molar-refractivity contribution is 5.85. The Morgan fingerprint density at radius 2 is 1.93 bits per heavy atom. The van der Waals surface area contributed by atoms with Crippen LogP contribution < -0.4 is 0 Å². The van der Waals surface area contributed by atoms with E-state index >= 15 is 0 Å². The molecular weight excluding hydrogens is 174 g/mol. The highest BCUT2D eigenvalue weighted by atomic mass is 16.5. The first-order chi connectivity index (χ1) is 6.57. The van der Waals surface area contributed by atoms with Crippen molar-refractivity contribution >= 4 is 11.6 Å². The van der Waals surface area contributed by atoms with E-state index in [2.05, 4.69) is 31.8 Å². The number of ether oxygens (including phenoxy) is 1. The van der Waals surface area contributed by atoms with Crippen molar-refractivity contribution in [2.75, 3.05) is 0 Å². The lowest BCUT2D eigenvalue weighted by molar-refractivity contribution is 0.246. The van der Waals surface area contributed by atoms with Gasteiger partial charge in [-0.2, -0.15) is 0 Å². The van der Waals surface area contributed by atoms with Crippen molar-refractivity contribution in [3.05, 3.63) is 29.8 Å². The minimum Gasteiger partial charge on any atom is -0.475 e. The number of nitrogens with zero attached hydrogens (tertiary/aromatic N) is 1. The Morgan fingerprint density at radius 3 is 2.64 bits per heavy atom. The second kappa shape index (κ2) is 3.12. The summed E-state index contributed by atoms with van der Waals surface area (Å²) in [5, 5.41) is 0. The van der Waals surface area contributed by atoms with Crippen LogP contribution >= 0.6 is 0 Å². The molecule has 2 heteroatoms. The van der Waals surface area contributed by atoms with Crippen LogP contribution in [-0.2, 0) is 11.3 Å². The Labute approximate surface area is 84.6 Å². The van der Waals surface area contributed by atoms with E-state index in [-0.39, 0.29) is 5.41 Å². The molecular formula is C12H15NO. The van der Waals surface area contributed by atoms with Gasteiger partial charge in [-0.05, 0) is 6.07 Å². The second-order valence-electron chi connectivity index (χ2n) is 4.58. The Kier molecular flexibility index (Phi) is 2.06. The van der Waals surface area contributed by atoms with Gasteiger partial charge in [0.1, 0.15) is 6.61 Å². The number of rotatable bonds is 0. The number of hydrogen-bond donors (Lipinski definition) is 0. The fraction of sp³-hybridized carbons (Fsp3) is 0.417. The molecule has 0 aliphatic carbocycles. The maximum absolute atomic E-state index is 5.62. The topological polar surface area (TPSA) is 21.6 Å². The van der Waals surface area contributed by atoms with Crippen molar-refractivity contribution < 1.29 is 4.74 Å². The van der Waals surface area contributed by atoms with Crippen LogP contribution in [0.15, 0.2) is 29.3 Å². The number of hydrogen-bond acceptors (Lipinski definition) is 2.